The summed E-state index contributed by atoms with van der Waals surface area (Å²) in [5.74, 6) is 0.0259. The lowest BCUT2D eigenvalue weighted by atomic mass is 10.1. The summed E-state index contributed by atoms with van der Waals surface area (Å²) < 4.78 is 0. The van der Waals surface area contributed by atoms with E-state index in [1.54, 1.807) is 6.33 Å². The molecular formula is C21H23N5O2. The van der Waals surface area contributed by atoms with Crippen molar-refractivity contribution in [2.45, 2.75) is 6.54 Å². The molecule has 2 aromatic carbocycles. The number of carbonyl (C=O) groups excluding carboxylic acids is 2. The smallest absolute Gasteiger partial charge is 0.254 e. The highest BCUT2D eigenvalue weighted by atomic mass is 16.2. The van der Waals surface area contributed by atoms with Gasteiger partial charge in [0.15, 0.2) is 0 Å². The summed E-state index contributed by atoms with van der Waals surface area (Å²) in [5.41, 5.74) is 3.45. The topological polar surface area (TPSA) is 81.3 Å². The van der Waals surface area contributed by atoms with E-state index in [0.29, 0.717) is 44.8 Å². The number of imidazole rings is 1. The fraction of sp³-hybridized carbons (Fsp3) is 0.286. The van der Waals surface area contributed by atoms with E-state index < -0.39 is 0 Å². The maximum absolute atomic E-state index is 12.7. The first-order chi connectivity index (χ1) is 13.7. The van der Waals surface area contributed by atoms with E-state index in [1.165, 1.54) is 0 Å². The molecule has 7 nitrogen and oxygen atoms in total. The summed E-state index contributed by atoms with van der Waals surface area (Å²) in [5, 5.41) is 2.95. The number of amides is 2. The van der Waals surface area contributed by atoms with E-state index in [2.05, 4.69) is 20.2 Å². The predicted molar refractivity (Wildman–Crippen MR) is 107 cm³/mol. The lowest BCUT2D eigenvalue weighted by Gasteiger charge is -2.34. The monoisotopic (exact) mass is 377 g/mol. The zero-order valence-electron chi connectivity index (χ0n) is 15.6. The number of hydrogen-bond donors (Lipinski definition) is 2. The molecule has 0 aliphatic carbocycles. The molecule has 1 aliphatic rings. The summed E-state index contributed by atoms with van der Waals surface area (Å²) in [6, 6.07) is 15.4. The van der Waals surface area contributed by atoms with Gasteiger partial charge in [0.05, 0.1) is 23.9 Å². The molecule has 144 valence electrons. The Bertz CT molecular complexity index is 961. The fourth-order valence-electron chi connectivity index (χ4n) is 3.42. The molecule has 1 aliphatic heterocycles. The second-order valence-corrected chi connectivity index (χ2v) is 6.97. The molecule has 0 radical (unpaired) electrons. The first kappa shape index (κ1) is 18.2. The normalized spacial score (nSPS) is 14.9. The average molecular weight is 377 g/mol. The molecule has 1 fully saturated rings. The molecule has 7 heteroatoms. The molecule has 2 N–H and O–H groups in total. The van der Waals surface area contributed by atoms with Crippen molar-refractivity contribution >= 4 is 22.8 Å². The van der Waals surface area contributed by atoms with Crippen LogP contribution in [0.15, 0.2) is 54.9 Å². The van der Waals surface area contributed by atoms with Crippen molar-refractivity contribution < 1.29 is 9.59 Å². The highest BCUT2D eigenvalue weighted by Crippen LogP contribution is 2.14. The SMILES string of the molecule is O=C(CN1CCN(C(=O)c2ccc3nc[nH]c3c2)CC1)NCc1ccccc1. The summed E-state index contributed by atoms with van der Waals surface area (Å²) >= 11 is 0. The maximum Gasteiger partial charge on any atom is 0.254 e. The summed E-state index contributed by atoms with van der Waals surface area (Å²) in [4.78, 5) is 36.1. The van der Waals surface area contributed by atoms with Crippen LogP contribution < -0.4 is 5.32 Å². The number of nitrogens with zero attached hydrogens (tertiary/aromatic N) is 3. The van der Waals surface area contributed by atoms with Gasteiger partial charge in [0, 0.05) is 38.3 Å². The molecule has 3 aromatic rings. The minimum Gasteiger partial charge on any atom is -0.351 e. The number of aromatic nitrogens is 2. The van der Waals surface area contributed by atoms with Gasteiger partial charge in [-0.25, -0.2) is 4.98 Å². The Morgan fingerprint density at radius 1 is 1.04 bits per heavy atom. The van der Waals surface area contributed by atoms with Crippen molar-refractivity contribution in [3.63, 3.8) is 0 Å². The largest absolute Gasteiger partial charge is 0.351 e. The van der Waals surface area contributed by atoms with Crippen LogP contribution in [0.1, 0.15) is 15.9 Å². The molecule has 4 rings (SSSR count). The zero-order chi connectivity index (χ0) is 19.3. The minimum absolute atomic E-state index is 0.00771. The molecule has 0 unspecified atom stereocenters. The van der Waals surface area contributed by atoms with Gasteiger partial charge in [-0.15, -0.1) is 0 Å². The predicted octanol–water partition coefficient (Wildman–Crippen LogP) is 1.64. The number of carbonyl (C=O) groups is 2. The Kier molecular flexibility index (Phi) is 5.34. The van der Waals surface area contributed by atoms with E-state index >= 15 is 0 Å². The van der Waals surface area contributed by atoms with Crippen LogP contribution in [0.5, 0.6) is 0 Å². The standard InChI is InChI=1S/C21H23N5O2/c27-20(22-13-16-4-2-1-3-5-16)14-25-8-10-26(11-9-25)21(28)17-6-7-18-19(12-17)24-15-23-18/h1-7,12,15H,8-11,13-14H2,(H,22,27)(H,23,24). The summed E-state index contributed by atoms with van der Waals surface area (Å²) in [7, 11) is 0. The third-order valence-electron chi connectivity index (χ3n) is 5.03. The van der Waals surface area contributed by atoms with E-state index in [9.17, 15) is 9.59 Å². The van der Waals surface area contributed by atoms with Crippen LogP contribution >= 0.6 is 0 Å². The van der Waals surface area contributed by atoms with Crippen LogP contribution in [0.4, 0.5) is 0 Å². The molecule has 0 saturated carbocycles. The third-order valence-corrected chi connectivity index (χ3v) is 5.03. The van der Waals surface area contributed by atoms with E-state index in [1.807, 2.05) is 53.4 Å². The van der Waals surface area contributed by atoms with Crippen LogP contribution in [-0.4, -0.2) is 64.3 Å². The van der Waals surface area contributed by atoms with Crippen LogP contribution in [0.2, 0.25) is 0 Å². The van der Waals surface area contributed by atoms with Crippen molar-refractivity contribution in [1.29, 1.82) is 0 Å². The Balaban J connectivity index is 1.25. The summed E-state index contributed by atoms with van der Waals surface area (Å²) in [6.45, 7) is 3.51. The van der Waals surface area contributed by atoms with Gasteiger partial charge in [-0.3, -0.25) is 14.5 Å². The molecule has 0 spiro atoms. The van der Waals surface area contributed by atoms with Gasteiger partial charge in [-0.2, -0.15) is 0 Å². The lowest BCUT2D eigenvalue weighted by Crippen LogP contribution is -2.51. The van der Waals surface area contributed by atoms with Gasteiger partial charge in [0.1, 0.15) is 0 Å². The number of fused-ring (bicyclic) bond motifs is 1. The van der Waals surface area contributed by atoms with Gasteiger partial charge in [0.2, 0.25) is 5.91 Å². The van der Waals surface area contributed by atoms with E-state index in [0.717, 1.165) is 16.6 Å². The molecule has 2 heterocycles. The second kappa shape index (κ2) is 8.22. The van der Waals surface area contributed by atoms with Crippen molar-refractivity contribution in [2.24, 2.45) is 0 Å². The fourth-order valence-corrected chi connectivity index (χ4v) is 3.42. The first-order valence-corrected chi connectivity index (χ1v) is 9.44. The Morgan fingerprint density at radius 3 is 2.61 bits per heavy atom. The molecule has 0 bridgehead atoms. The van der Waals surface area contributed by atoms with Crippen molar-refractivity contribution in [2.75, 3.05) is 32.7 Å². The second-order valence-electron chi connectivity index (χ2n) is 6.97. The Labute approximate surface area is 163 Å². The van der Waals surface area contributed by atoms with Gasteiger partial charge in [-0.1, -0.05) is 30.3 Å². The van der Waals surface area contributed by atoms with Gasteiger partial charge in [-0.05, 0) is 23.8 Å². The maximum atomic E-state index is 12.7. The van der Waals surface area contributed by atoms with Crippen molar-refractivity contribution in [1.82, 2.24) is 25.1 Å². The highest BCUT2D eigenvalue weighted by molar-refractivity contribution is 5.97. The van der Waals surface area contributed by atoms with Gasteiger partial charge >= 0.3 is 0 Å². The molecule has 28 heavy (non-hydrogen) atoms. The van der Waals surface area contributed by atoms with E-state index in [-0.39, 0.29) is 11.8 Å². The average Bonchev–Trinajstić information content (AvgIpc) is 3.21. The van der Waals surface area contributed by atoms with Crippen molar-refractivity contribution in [3.05, 3.63) is 66.0 Å². The molecule has 2 amide bonds. The Morgan fingerprint density at radius 2 is 1.82 bits per heavy atom. The molecule has 1 saturated heterocycles. The summed E-state index contributed by atoms with van der Waals surface area (Å²) in [6.07, 6.45) is 1.63. The van der Waals surface area contributed by atoms with Crippen molar-refractivity contribution in [3.8, 4) is 0 Å². The number of H-pyrrole nitrogens is 1. The number of nitrogens with one attached hydrogen (secondary N) is 2. The van der Waals surface area contributed by atoms with Gasteiger partial charge < -0.3 is 15.2 Å². The number of benzene rings is 2. The molecule has 1 aromatic heterocycles. The quantitative estimate of drug-likeness (QED) is 0.708. The van der Waals surface area contributed by atoms with Gasteiger partial charge in [0.25, 0.3) is 5.91 Å². The Hall–Kier alpha value is -3.19. The number of hydrogen-bond acceptors (Lipinski definition) is 4. The third kappa shape index (κ3) is 4.20. The van der Waals surface area contributed by atoms with Crippen LogP contribution in [0, 0.1) is 0 Å². The number of aromatic amines is 1. The first-order valence-electron chi connectivity index (χ1n) is 9.44. The lowest BCUT2D eigenvalue weighted by molar-refractivity contribution is -0.122. The van der Waals surface area contributed by atoms with E-state index in [4.69, 9.17) is 0 Å². The number of rotatable bonds is 5. The van der Waals surface area contributed by atoms with Crippen LogP contribution in [0.3, 0.4) is 0 Å². The molecular weight excluding hydrogens is 354 g/mol. The van der Waals surface area contributed by atoms with Crippen LogP contribution in [-0.2, 0) is 11.3 Å². The zero-order valence-corrected chi connectivity index (χ0v) is 15.6. The highest BCUT2D eigenvalue weighted by Gasteiger charge is 2.23. The van der Waals surface area contributed by atoms with Crippen LogP contribution in [0.25, 0.3) is 11.0 Å². The number of piperazine rings is 1. The minimum atomic E-state index is 0.00771. The molecule has 0 atom stereocenters.